The first-order valence-electron chi connectivity index (χ1n) is 8.32. The minimum atomic E-state index is -0.0850. The van der Waals surface area contributed by atoms with Crippen molar-refractivity contribution >= 4 is 11.6 Å². The summed E-state index contributed by atoms with van der Waals surface area (Å²) in [4.78, 5) is 12.6. The number of anilines is 1. The van der Waals surface area contributed by atoms with Crippen LogP contribution in [0.25, 0.3) is 0 Å². The van der Waals surface area contributed by atoms with Crippen LogP contribution in [0.15, 0.2) is 42.5 Å². The molecule has 1 amide bonds. The minimum Gasteiger partial charge on any atom is -0.489 e. The molecule has 0 atom stereocenters. The summed E-state index contributed by atoms with van der Waals surface area (Å²) in [6.45, 7) is 3.95. The van der Waals surface area contributed by atoms with Crippen molar-refractivity contribution in [1.82, 2.24) is 0 Å². The maximum atomic E-state index is 12.6. The zero-order valence-electron chi connectivity index (χ0n) is 13.8. The van der Waals surface area contributed by atoms with E-state index in [1.54, 1.807) is 0 Å². The van der Waals surface area contributed by atoms with E-state index in [2.05, 4.69) is 11.4 Å². The van der Waals surface area contributed by atoms with E-state index in [1.165, 1.54) is 24.0 Å². The van der Waals surface area contributed by atoms with Gasteiger partial charge in [0.2, 0.25) is 0 Å². The van der Waals surface area contributed by atoms with Crippen molar-refractivity contribution in [2.45, 2.75) is 45.6 Å². The zero-order valence-corrected chi connectivity index (χ0v) is 13.8. The predicted octanol–water partition coefficient (Wildman–Crippen LogP) is 4.60. The van der Waals surface area contributed by atoms with Crippen LogP contribution >= 0.6 is 0 Å². The second kappa shape index (κ2) is 6.86. The van der Waals surface area contributed by atoms with Crippen molar-refractivity contribution in [2.75, 3.05) is 5.32 Å². The van der Waals surface area contributed by atoms with Gasteiger partial charge >= 0.3 is 0 Å². The van der Waals surface area contributed by atoms with Crippen molar-refractivity contribution in [3.8, 4) is 5.75 Å². The summed E-state index contributed by atoms with van der Waals surface area (Å²) in [5.74, 6) is 0.618. The number of hydrogen-bond acceptors (Lipinski definition) is 2. The van der Waals surface area contributed by atoms with Gasteiger partial charge in [0, 0.05) is 5.56 Å². The molecule has 2 aromatic rings. The quantitative estimate of drug-likeness (QED) is 0.896. The number of aryl methyl sites for hydroxylation is 2. The molecule has 0 bridgehead atoms. The summed E-state index contributed by atoms with van der Waals surface area (Å²) in [7, 11) is 0. The standard InChI is InChI=1S/C20H23NO2/c1-14(2)23-19-10-6-5-9-18(19)21-20(22)17-12-11-15-7-3-4-8-16(15)13-17/h5-6,9-14H,3-4,7-8H2,1-2H3,(H,21,22). The third-order valence-electron chi connectivity index (χ3n) is 4.11. The Morgan fingerprint density at radius 1 is 1.04 bits per heavy atom. The average Bonchev–Trinajstić information content (AvgIpc) is 2.55. The van der Waals surface area contributed by atoms with Crippen molar-refractivity contribution in [3.63, 3.8) is 0 Å². The van der Waals surface area contributed by atoms with Crippen LogP contribution in [0.5, 0.6) is 5.75 Å². The lowest BCUT2D eigenvalue weighted by molar-refractivity contribution is 0.102. The second-order valence-electron chi connectivity index (χ2n) is 6.31. The highest BCUT2D eigenvalue weighted by Gasteiger charge is 2.14. The third kappa shape index (κ3) is 3.73. The van der Waals surface area contributed by atoms with Gasteiger partial charge in [-0.3, -0.25) is 4.79 Å². The summed E-state index contributed by atoms with van der Waals surface area (Å²) < 4.78 is 5.76. The number of amides is 1. The molecule has 3 heteroatoms. The summed E-state index contributed by atoms with van der Waals surface area (Å²) >= 11 is 0. The maximum Gasteiger partial charge on any atom is 0.255 e. The van der Waals surface area contributed by atoms with Crippen LogP contribution in [0.1, 0.15) is 48.2 Å². The Hall–Kier alpha value is -2.29. The van der Waals surface area contributed by atoms with Crippen LogP contribution < -0.4 is 10.1 Å². The van der Waals surface area contributed by atoms with Crippen molar-refractivity contribution in [2.24, 2.45) is 0 Å². The Labute approximate surface area is 137 Å². The second-order valence-corrected chi connectivity index (χ2v) is 6.31. The predicted molar refractivity (Wildman–Crippen MR) is 93.2 cm³/mol. The van der Waals surface area contributed by atoms with Gasteiger partial charge < -0.3 is 10.1 Å². The SMILES string of the molecule is CC(C)Oc1ccccc1NC(=O)c1ccc2c(c1)CCCC2. The summed E-state index contributed by atoms with van der Waals surface area (Å²) in [6, 6.07) is 13.6. The lowest BCUT2D eigenvalue weighted by Gasteiger charge is -2.17. The van der Waals surface area contributed by atoms with Gasteiger partial charge in [-0.05, 0) is 74.9 Å². The van der Waals surface area contributed by atoms with Gasteiger partial charge in [-0.15, -0.1) is 0 Å². The number of benzene rings is 2. The lowest BCUT2D eigenvalue weighted by atomic mass is 9.90. The average molecular weight is 309 g/mol. The number of hydrogen-bond donors (Lipinski definition) is 1. The summed E-state index contributed by atoms with van der Waals surface area (Å²) in [5.41, 5.74) is 4.13. The number of nitrogens with one attached hydrogen (secondary N) is 1. The minimum absolute atomic E-state index is 0.0665. The first kappa shape index (κ1) is 15.6. The van der Waals surface area contributed by atoms with Gasteiger partial charge in [0.15, 0.2) is 0 Å². The van der Waals surface area contributed by atoms with Gasteiger partial charge in [0.05, 0.1) is 11.8 Å². The Morgan fingerprint density at radius 2 is 1.78 bits per heavy atom. The molecule has 2 aromatic carbocycles. The monoisotopic (exact) mass is 309 g/mol. The first-order valence-corrected chi connectivity index (χ1v) is 8.32. The van der Waals surface area contributed by atoms with Crippen LogP contribution in [-0.4, -0.2) is 12.0 Å². The van der Waals surface area contributed by atoms with Crippen LogP contribution in [0, 0.1) is 0 Å². The first-order chi connectivity index (χ1) is 11.1. The smallest absolute Gasteiger partial charge is 0.255 e. The molecule has 1 aliphatic carbocycles. The van der Waals surface area contributed by atoms with E-state index in [9.17, 15) is 4.79 Å². The third-order valence-corrected chi connectivity index (χ3v) is 4.11. The molecule has 1 N–H and O–H groups in total. The molecule has 0 fully saturated rings. The maximum absolute atomic E-state index is 12.6. The van der Waals surface area contributed by atoms with E-state index in [1.807, 2.05) is 50.2 Å². The molecular formula is C20H23NO2. The largest absolute Gasteiger partial charge is 0.489 e. The number of fused-ring (bicyclic) bond motifs is 1. The normalized spacial score (nSPS) is 13.5. The molecule has 0 aromatic heterocycles. The van der Waals surface area contributed by atoms with Crippen molar-refractivity contribution in [1.29, 1.82) is 0 Å². The molecule has 0 saturated carbocycles. The number of rotatable bonds is 4. The Bertz CT molecular complexity index is 707. The van der Waals surface area contributed by atoms with Gasteiger partial charge in [-0.1, -0.05) is 18.2 Å². The van der Waals surface area contributed by atoms with E-state index < -0.39 is 0 Å². The van der Waals surface area contributed by atoms with Gasteiger partial charge in [0.1, 0.15) is 5.75 Å². The Kier molecular flexibility index (Phi) is 4.65. The van der Waals surface area contributed by atoms with Gasteiger partial charge in [-0.25, -0.2) is 0 Å². The number of carbonyl (C=O) groups is 1. The molecule has 0 heterocycles. The van der Waals surface area contributed by atoms with Crippen LogP contribution in [0.2, 0.25) is 0 Å². The molecule has 3 nitrogen and oxygen atoms in total. The molecule has 0 unspecified atom stereocenters. The van der Waals surface area contributed by atoms with Crippen LogP contribution in [-0.2, 0) is 12.8 Å². The Balaban J connectivity index is 1.79. The van der Waals surface area contributed by atoms with Crippen LogP contribution in [0.3, 0.4) is 0 Å². The molecule has 0 radical (unpaired) electrons. The fourth-order valence-electron chi connectivity index (χ4n) is 3.00. The molecule has 1 aliphatic rings. The molecule has 120 valence electrons. The van der Waals surface area contributed by atoms with Gasteiger partial charge in [0.25, 0.3) is 5.91 Å². The fraction of sp³-hybridized carbons (Fsp3) is 0.350. The molecule has 0 aliphatic heterocycles. The van der Waals surface area contributed by atoms with Gasteiger partial charge in [-0.2, -0.15) is 0 Å². The molecular weight excluding hydrogens is 286 g/mol. The van der Waals surface area contributed by atoms with E-state index in [0.29, 0.717) is 17.0 Å². The Morgan fingerprint density at radius 3 is 2.57 bits per heavy atom. The highest BCUT2D eigenvalue weighted by Crippen LogP contribution is 2.26. The lowest BCUT2D eigenvalue weighted by Crippen LogP contribution is -2.15. The number of para-hydroxylation sites is 2. The molecule has 0 spiro atoms. The van der Waals surface area contributed by atoms with E-state index in [0.717, 1.165) is 12.8 Å². The van der Waals surface area contributed by atoms with Crippen molar-refractivity contribution in [3.05, 3.63) is 59.2 Å². The van der Waals surface area contributed by atoms with E-state index in [-0.39, 0.29) is 12.0 Å². The zero-order chi connectivity index (χ0) is 16.2. The molecule has 0 saturated heterocycles. The van der Waals surface area contributed by atoms with Crippen LogP contribution in [0.4, 0.5) is 5.69 Å². The van der Waals surface area contributed by atoms with E-state index >= 15 is 0 Å². The van der Waals surface area contributed by atoms with Crippen molar-refractivity contribution < 1.29 is 9.53 Å². The van der Waals surface area contributed by atoms with E-state index in [4.69, 9.17) is 4.74 Å². The topological polar surface area (TPSA) is 38.3 Å². The fourth-order valence-corrected chi connectivity index (χ4v) is 3.00. The highest BCUT2D eigenvalue weighted by atomic mass is 16.5. The molecule has 23 heavy (non-hydrogen) atoms. The summed E-state index contributed by atoms with van der Waals surface area (Å²) in [6.07, 6.45) is 4.73. The highest BCUT2D eigenvalue weighted by molar-refractivity contribution is 6.05. The number of carbonyl (C=O) groups excluding carboxylic acids is 1. The number of ether oxygens (including phenoxy) is 1. The molecule has 3 rings (SSSR count). The summed E-state index contributed by atoms with van der Waals surface area (Å²) in [5, 5.41) is 2.98.